The average Bonchev–Trinajstić information content (AvgIpc) is 2.62. The first kappa shape index (κ1) is 13.7. The summed E-state index contributed by atoms with van der Waals surface area (Å²) in [5.41, 5.74) is 0.836. The van der Waals surface area contributed by atoms with Gasteiger partial charge in [-0.15, -0.1) is 0 Å². The summed E-state index contributed by atoms with van der Waals surface area (Å²) in [5.74, 6) is 0.843. The number of benzene rings is 1. The van der Waals surface area contributed by atoms with Crippen LogP contribution in [0, 0.1) is 0 Å². The van der Waals surface area contributed by atoms with Gasteiger partial charge in [0.25, 0.3) is 8.32 Å². The SMILES string of the molecule is CC(C)(C)[Si](C)(C)Oc1cc(Br)cc2ccoc12. The zero-order valence-electron chi connectivity index (χ0n) is 11.5. The van der Waals surface area contributed by atoms with E-state index in [-0.39, 0.29) is 5.04 Å². The van der Waals surface area contributed by atoms with E-state index in [9.17, 15) is 0 Å². The van der Waals surface area contributed by atoms with Crippen LogP contribution in [-0.4, -0.2) is 8.32 Å². The molecule has 0 aliphatic heterocycles. The van der Waals surface area contributed by atoms with Crippen LogP contribution in [0.5, 0.6) is 5.75 Å². The van der Waals surface area contributed by atoms with Crippen molar-refractivity contribution in [1.29, 1.82) is 0 Å². The molecule has 2 aromatic rings. The van der Waals surface area contributed by atoms with E-state index >= 15 is 0 Å². The van der Waals surface area contributed by atoms with Crippen LogP contribution in [0.15, 0.2) is 33.4 Å². The quantitative estimate of drug-likeness (QED) is 0.672. The van der Waals surface area contributed by atoms with Crippen molar-refractivity contribution in [3.05, 3.63) is 28.9 Å². The molecule has 2 rings (SSSR count). The summed E-state index contributed by atoms with van der Waals surface area (Å²) in [6, 6.07) is 5.99. The van der Waals surface area contributed by atoms with Gasteiger partial charge in [-0.3, -0.25) is 0 Å². The Hall–Kier alpha value is -0.743. The minimum atomic E-state index is -1.84. The molecule has 0 aliphatic rings. The van der Waals surface area contributed by atoms with Gasteiger partial charge in [-0.2, -0.15) is 0 Å². The van der Waals surface area contributed by atoms with Crippen molar-refractivity contribution in [2.24, 2.45) is 0 Å². The van der Waals surface area contributed by atoms with E-state index in [0.29, 0.717) is 0 Å². The van der Waals surface area contributed by atoms with Crippen LogP contribution in [0.25, 0.3) is 11.0 Å². The number of hydrogen-bond acceptors (Lipinski definition) is 2. The van der Waals surface area contributed by atoms with Gasteiger partial charge in [-0.05, 0) is 36.3 Å². The minimum Gasteiger partial charge on any atom is -0.541 e. The van der Waals surface area contributed by atoms with E-state index in [1.807, 2.05) is 18.2 Å². The Morgan fingerprint density at radius 3 is 2.50 bits per heavy atom. The maximum absolute atomic E-state index is 6.33. The Morgan fingerprint density at radius 1 is 1.22 bits per heavy atom. The zero-order valence-corrected chi connectivity index (χ0v) is 14.1. The lowest BCUT2D eigenvalue weighted by Gasteiger charge is -2.36. The van der Waals surface area contributed by atoms with E-state index < -0.39 is 8.32 Å². The molecule has 0 saturated heterocycles. The first-order valence-corrected chi connectivity index (χ1v) is 9.77. The lowest BCUT2D eigenvalue weighted by molar-refractivity contribution is 0.483. The molecule has 0 spiro atoms. The normalized spacial score (nSPS) is 13.0. The van der Waals surface area contributed by atoms with Crippen LogP contribution in [0.4, 0.5) is 0 Å². The molecule has 1 aromatic carbocycles. The number of fused-ring (bicyclic) bond motifs is 1. The van der Waals surface area contributed by atoms with Gasteiger partial charge < -0.3 is 8.84 Å². The fraction of sp³-hybridized carbons (Fsp3) is 0.429. The summed E-state index contributed by atoms with van der Waals surface area (Å²) < 4.78 is 12.9. The Kier molecular flexibility index (Phi) is 3.36. The Morgan fingerprint density at radius 2 is 1.89 bits per heavy atom. The molecule has 18 heavy (non-hydrogen) atoms. The predicted octanol–water partition coefficient (Wildman–Crippen LogP) is 5.58. The van der Waals surface area contributed by atoms with Gasteiger partial charge in [0, 0.05) is 9.86 Å². The number of halogens is 1. The second kappa shape index (κ2) is 4.42. The molecule has 0 bridgehead atoms. The van der Waals surface area contributed by atoms with Gasteiger partial charge in [0.1, 0.15) is 5.75 Å². The van der Waals surface area contributed by atoms with Crippen LogP contribution in [0.3, 0.4) is 0 Å². The highest BCUT2D eigenvalue weighted by atomic mass is 79.9. The molecule has 0 amide bonds. The fourth-order valence-electron chi connectivity index (χ4n) is 1.52. The second-order valence-electron chi connectivity index (χ2n) is 6.11. The monoisotopic (exact) mass is 326 g/mol. The number of rotatable bonds is 2. The molecule has 4 heteroatoms. The smallest absolute Gasteiger partial charge is 0.250 e. The molecule has 0 radical (unpaired) electrons. The number of furan rings is 1. The molecule has 0 fully saturated rings. The molecule has 98 valence electrons. The Bertz CT molecular complexity index is 567. The van der Waals surface area contributed by atoms with Crippen molar-refractivity contribution >= 4 is 35.2 Å². The molecule has 0 unspecified atom stereocenters. The highest BCUT2D eigenvalue weighted by Crippen LogP contribution is 2.40. The molecule has 2 nitrogen and oxygen atoms in total. The second-order valence-corrected chi connectivity index (χ2v) is 11.7. The van der Waals surface area contributed by atoms with E-state index in [1.165, 1.54) is 0 Å². The fourth-order valence-corrected chi connectivity index (χ4v) is 2.98. The molecule has 1 heterocycles. The summed E-state index contributed by atoms with van der Waals surface area (Å²) in [7, 11) is -1.84. The zero-order chi connectivity index (χ0) is 13.6. The number of hydrogen-bond donors (Lipinski definition) is 0. The highest BCUT2D eigenvalue weighted by molar-refractivity contribution is 9.10. The maximum atomic E-state index is 6.33. The maximum Gasteiger partial charge on any atom is 0.250 e. The predicted molar refractivity (Wildman–Crippen MR) is 81.7 cm³/mol. The third-order valence-electron chi connectivity index (χ3n) is 3.65. The van der Waals surface area contributed by atoms with Crippen molar-refractivity contribution < 1.29 is 8.84 Å². The molecule has 0 saturated carbocycles. The standard InChI is InChI=1S/C14H19BrO2Si/c1-14(2,3)18(4,5)17-12-9-11(15)8-10-6-7-16-13(10)12/h6-9H,1-5H3. The van der Waals surface area contributed by atoms with Crippen LogP contribution >= 0.6 is 15.9 Å². The lowest BCUT2D eigenvalue weighted by atomic mass is 10.2. The molecule has 0 aliphatic carbocycles. The summed E-state index contributed by atoms with van der Waals surface area (Å²) >= 11 is 3.52. The highest BCUT2D eigenvalue weighted by Gasteiger charge is 2.39. The summed E-state index contributed by atoms with van der Waals surface area (Å²) in [4.78, 5) is 0. The summed E-state index contributed by atoms with van der Waals surface area (Å²) in [5, 5.41) is 1.24. The van der Waals surface area contributed by atoms with Gasteiger partial charge in [-0.25, -0.2) is 0 Å². The van der Waals surface area contributed by atoms with Crippen LogP contribution in [-0.2, 0) is 0 Å². The van der Waals surface area contributed by atoms with Crippen molar-refractivity contribution in [3.8, 4) is 5.75 Å². The van der Waals surface area contributed by atoms with Crippen molar-refractivity contribution in [1.82, 2.24) is 0 Å². The van der Waals surface area contributed by atoms with Crippen molar-refractivity contribution in [2.75, 3.05) is 0 Å². The van der Waals surface area contributed by atoms with Crippen LogP contribution < -0.4 is 4.43 Å². The first-order valence-electron chi connectivity index (χ1n) is 6.06. The van der Waals surface area contributed by atoms with Gasteiger partial charge >= 0.3 is 0 Å². The van der Waals surface area contributed by atoms with Gasteiger partial charge in [-0.1, -0.05) is 36.7 Å². The molecule has 0 N–H and O–H groups in total. The molecule has 0 atom stereocenters. The Labute approximate surface area is 118 Å². The lowest BCUT2D eigenvalue weighted by Crippen LogP contribution is -2.43. The average molecular weight is 327 g/mol. The largest absolute Gasteiger partial charge is 0.541 e. The van der Waals surface area contributed by atoms with E-state index in [0.717, 1.165) is 21.2 Å². The van der Waals surface area contributed by atoms with Crippen molar-refractivity contribution in [2.45, 2.75) is 38.9 Å². The Balaban J connectivity index is 2.46. The third kappa shape index (κ3) is 2.49. The molecular formula is C14H19BrO2Si. The molecule has 1 aromatic heterocycles. The third-order valence-corrected chi connectivity index (χ3v) is 8.45. The van der Waals surface area contributed by atoms with Crippen molar-refractivity contribution in [3.63, 3.8) is 0 Å². The van der Waals surface area contributed by atoms with Gasteiger partial charge in [0.2, 0.25) is 0 Å². The van der Waals surface area contributed by atoms with E-state index in [1.54, 1.807) is 6.26 Å². The van der Waals surface area contributed by atoms with Gasteiger partial charge in [0.15, 0.2) is 5.58 Å². The first-order chi connectivity index (χ1) is 8.21. The van der Waals surface area contributed by atoms with Gasteiger partial charge in [0.05, 0.1) is 6.26 Å². The minimum absolute atomic E-state index is 0.175. The summed E-state index contributed by atoms with van der Waals surface area (Å²) in [6.07, 6.45) is 1.70. The van der Waals surface area contributed by atoms with E-state index in [4.69, 9.17) is 8.84 Å². The molecular weight excluding hydrogens is 308 g/mol. The van der Waals surface area contributed by atoms with Crippen LogP contribution in [0.1, 0.15) is 20.8 Å². The van der Waals surface area contributed by atoms with Crippen LogP contribution in [0.2, 0.25) is 18.1 Å². The van der Waals surface area contributed by atoms with E-state index in [2.05, 4.69) is 49.8 Å². The summed E-state index contributed by atoms with van der Waals surface area (Å²) in [6.45, 7) is 11.2. The topological polar surface area (TPSA) is 22.4 Å².